The summed E-state index contributed by atoms with van der Waals surface area (Å²) in [5.41, 5.74) is 0.0231. The third kappa shape index (κ3) is 67.1. The summed E-state index contributed by atoms with van der Waals surface area (Å²) >= 11 is 0. The highest BCUT2D eigenvalue weighted by Gasteiger charge is 1.81. The lowest BCUT2D eigenvalue weighted by molar-refractivity contribution is 0.251. The Balaban J connectivity index is 0. The highest BCUT2D eigenvalue weighted by atomic mass is 28.1. The summed E-state index contributed by atoms with van der Waals surface area (Å²) in [4.78, 5) is 2.00. The van der Waals surface area contributed by atoms with Gasteiger partial charge in [-0.05, 0) is 27.6 Å². The number of aliphatic hydroxyl groups excluding tert-OH is 1. The Hall–Kier alpha value is 0.137. The van der Waals surface area contributed by atoms with E-state index in [0.29, 0.717) is 0 Å². The normalized spacial score (nSPS) is 12.7. The van der Waals surface area contributed by atoms with Gasteiger partial charge < -0.3 is 10.0 Å². The van der Waals surface area contributed by atoms with Gasteiger partial charge in [0, 0.05) is 16.0 Å². The van der Waals surface area contributed by atoms with E-state index in [1.54, 1.807) is 0 Å². The first-order valence-corrected chi connectivity index (χ1v) is 4.45. The van der Waals surface area contributed by atoms with Gasteiger partial charge in [-0.15, -0.1) is 0 Å². The van der Waals surface area contributed by atoms with Gasteiger partial charge >= 0.3 is 0 Å². The first kappa shape index (κ1) is 11.9. The van der Waals surface area contributed by atoms with Gasteiger partial charge in [0.05, 0.1) is 0 Å². The molecule has 0 aromatic carbocycles. The SMILES string of the molecule is CCC(O)[SiH3].CN(C)C. The van der Waals surface area contributed by atoms with Crippen molar-refractivity contribution in [2.24, 2.45) is 0 Å². The van der Waals surface area contributed by atoms with Crippen LogP contribution >= 0.6 is 0 Å². The molecule has 1 unspecified atom stereocenters. The van der Waals surface area contributed by atoms with Crippen LogP contribution in [0, 0.1) is 0 Å². The Bertz CT molecular complexity index is 45.6. The summed E-state index contributed by atoms with van der Waals surface area (Å²) in [6, 6.07) is 0. The van der Waals surface area contributed by atoms with Crippen LogP contribution in [0.4, 0.5) is 0 Å². The molecule has 0 aliphatic rings. The van der Waals surface area contributed by atoms with Crippen LogP contribution in [0.25, 0.3) is 0 Å². The Morgan fingerprint density at radius 3 is 1.56 bits per heavy atom. The van der Waals surface area contributed by atoms with E-state index in [1.807, 2.05) is 33.0 Å². The summed E-state index contributed by atoms with van der Waals surface area (Å²) in [6.07, 6.45) is 0.923. The van der Waals surface area contributed by atoms with Crippen molar-refractivity contribution in [3.05, 3.63) is 0 Å². The maximum atomic E-state index is 8.42. The van der Waals surface area contributed by atoms with Crippen LogP contribution in [0.2, 0.25) is 0 Å². The summed E-state index contributed by atoms with van der Waals surface area (Å²) < 4.78 is 0. The lowest BCUT2D eigenvalue weighted by Crippen LogP contribution is -2.00. The lowest BCUT2D eigenvalue weighted by Gasteiger charge is -1.90. The molecule has 0 heterocycles. The number of hydrogen-bond acceptors (Lipinski definition) is 2. The van der Waals surface area contributed by atoms with E-state index in [2.05, 4.69) is 0 Å². The Morgan fingerprint density at radius 1 is 1.44 bits per heavy atom. The minimum Gasteiger partial charge on any atom is -0.398 e. The van der Waals surface area contributed by atoms with E-state index < -0.39 is 0 Å². The van der Waals surface area contributed by atoms with E-state index in [1.165, 1.54) is 0 Å². The number of hydrogen-bond donors (Lipinski definition) is 1. The predicted molar refractivity (Wildman–Crippen MR) is 45.8 cm³/mol. The van der Waals surface area contributed by atoms with Gasteiger partial charge in [0.2, 0.25) is 0 Å². The maximum Gasteiger partial charge on any atom is 0.0388 e. The lowest BCUT2D eigenvalue weighted by atomic mass is 10.5. The van der Waals surface area contributed by atoms with E-state index in [0.717, 1.165) is 16.7 Å². The van der Waals surface area contributed by atoms with Crippen molar-refractivity contribution in [3.8, 4) is 0 Å². The van der Waals surface area contributed by atoms with Crippen molar-refractivity contribution in [2.45, 2.75) is 19.1 Å². The summed E-state index contributed by atoms with van der Waals surface area (Å²) in [6.45, 7) is 1.98. The fraction of sp³-hybridized carbons (Fsp3) is 1.00. The van der Waals surface area contributed by atoms with Crippen LogP contribution < -0.4 is 0 Å². The fourth-order valence-electron chi connectivity index (χ4n) is 0. The van der Waals surface area contributed by atoms with Crippen molar-refractivity contribution < 1.29 is 5.11 Å². The Morgan fingerprint density at radius 2 is 1.56 bits per heavy atom. The molecular weight excluding hydrogens is 130 g/mol. The van der Waals surface area contributed by atoms with Crippen molar-refractivity contribution in [1.82, 2.24) is 4.90 Å². The average Bonchev–Trinajstić information content (AvgIpc) is 1.65. The van der Waals surface area contributed by atoms with Crippen molar-refractivity contribution in [1.29, 1.82) is 0 Å². The summed E-state index contributed by atoms with van der Waals surface area (Å²) in [5, 5.41) is 8.42. The topological polar surface area (TPSA) is 23.5 Å². The van der Waals surface area contributed by atoms with Crippen LogP contribution in [0.1, 0.15) is 13.3 Å². The second-order valence-electron chi connectivity index (χ2n) is 2.60. The highest BCUT2D eigenvalue weighted by Crippen LogP contribution is 1.76. The molecule has 9 heavy (non-hydrogen) atoms. The minimum absolute atomic E-state index is 0.0231. The molecule has 0 aromatic rings. The zero-order chi connectivity index (χ0) is 7.86. The molecule has 0 saturated carbocycles. The summed E-state index contributed by atoms with van der Waals surface area (Å²) in [5.74, 6) is 0. The third-order valence-corrected chi connectivity index (χ3v) is 1.41. The molecular formula is C6H19NOSi. The van der Waals surface area contributed by atoms with Gasteiger partial charge in [-0.25, -0.2) is 0 Å². The smallest absolute Gasteiger partial charge is 0.0388 e. The van der Waals surface area contributed by atoms with Crippen LogP contribution in [-0.4, -0.2) is 47.1 Å². The number of rotatable bonds is 1. The van der Waals surface area contributed by atoms with Crippen LogP contribution in [-0.2, 0) is 0 Å². The molecule has 0 aliphatic heterocycles. The molecule has 2 nitrogen and oxygen atoms in total. The molecule has 1 atom stereocenters. The molecule has 1 N–H and O–H groups in total. The molecule has 0 aromatic heterocycles. The van der Waals surface area contributed by atoms with Crippen molar-refractivity contribution in [3.63, 3.8) is 0 Å². The molecule has 0 amide bonds. The molecule has 0 spiro atoms. The van der Waals surface area contributed by atoms with Gasteiger partial charge in [-0.3, -0.25) is 0 Å². The van der Waals surface area contributed by atoms with Gasteiger partial charge in [-0.2, -0.15) is 0 Å². The molecule has 58 valence electrons. The van der Waals surface area contributed by atoms with E-state index in [-0.39, 0.29) is 5.73 Å². The molecule has 0 bridgehead atoms. The van der Waals surface area contributed by atoms with E-state index in [9.17, 15) is 0 Å². The Kier molecular flexibility index (Phi) is 10.7. The van der Waals surface area contributed by atoms with Crippen LogP contribution in [0.5, 0.6) is 0 Å². The largest absolute Gasteiger partial charge is 0.398 e. The van der Waals surface area contributed by atoms with E-state index >= 15 is 0 Å². The van der Waals surface area contributed by atoms with Gasteiger partial charge in [0.15, 0.2) is 0 Å². The highest BCUT2D eigenvalue weighted by molar-refractivity contribution is 6.10. The second-order valence-corrected chi connectivity index (χ2v) is 3.93. The quantitative estimate of drug-likeness (QED) is 0.496. The summed E-state index contributed by atoms with van der Waals surface area (Å²) in [7, 11) is 6.93. The predicted octanol–water partition coefficient (Wildman–Crippen LogP) is -0.742. The average molecular weight is 149 g/mol. The maximum absolute atomic E-state index is 8.42. The van der Waals surface area contributed by atoms with Crippen LogP contribution in [0.15, 0.2) is 0 Å². The molecule has 0 fully saturated rings. The van der Waals surface area contributed by atoms with Crippen molar-refractivity contribution >= 4 is 10.2 Å². The molecule has 3 heteroatoms. The van der Waals surface area contributed by atoms with Gasteiger partial charge in [-0.1, -0.05) is 6.92 Å². The Labute approximate surface area is 61.3 Å². The first-order valence-electron chi connectivity index (χ1n) is 3.29. The molecule has 0 radical (unpaired) electrons. The molecule has 0 saturated heterocycles. The molecule has 0 rings (SSSR count). The minimum atomic E-state index is 0.0231. The van der Waals surface area contributed by atoms with Crippen LogP contribution in [0.3, 0.4) is 0 Å². The van der Waals surface area contributed by atoms with Gasteiger partial charge in [0.25, 0.3) is 0 Å². The van der Waals surface area contributed by atoms with Gasteiger partial charge in [0.1, 0.15) is 0 Å². The van der Waals surface area contributed by atoms with Crippen molar-refractivity contribution in [2.75, 3.05) is 21.1 Å². The monoisotopic (exact) mass is 149 g/mol. The third-order valence-electron chi connectivity index (χ3n) is 0.591. The molecule has 0 aliphatic carbocycles. The zero-order valence-corrected chi connectivity index (χ0v) is 9.18. The standard InChI is InChI=1S/C3H9N.C3H10OSi/c1-4(2)3;1-2-3(4)5/h1-3H3;3-4H,2H2,1,5H3. The second kappa shape index (κ2) is 8.14. The zero-order valence-electron chi connectivity index (χ0n) is 7.18. The van der Waals surface area contributed by atoms with E-state index in [4.69, 9.17) is 5.11 Å². The fourth-order valence-corrected chi connectivity index (χ4v) is 0. The number of nitrogens with zero attached hydrogens (tertiary/aromatic N) is 1. The first-order chi connectivity index (χ1) is 4.00. The number of aliphatic hydroxyl groups is 1.